The summed E-state index contributed by atoms with van der Waals surface area (Å²) in [5.41, 5.74) is 9.91. The molecule has 8 nitrogen and oxygen atoms in total. The van der Waals surface area contributed by atoms with Crippen molar-refractivity contribution >= 4 is 39.5 Å². The van der Waals surface area contributed by atoms with E-state index < -0.39 is 0 Å². The molecule has 1 aliphatic heterocycles. The minimum atomic E-state index is -0.322. The predicted octanol–water partition coefficient (Wildman–Crippen LogP) is 2.07. The number of hydrazone groups is 1. The molecule has 1 aromatic carbocycles. The molecule has 9 heteroatoms. The van der Waals surface area contributed by atoms with Crippen LogP contribution >= 0.6 is 11.3 Å². The fourth-order valence-electron chi connectivity index (χ4n) is 2.53. The van der Waals surface area contributed by atoms with Gasteiger partial charge < -0.3 is 15.2 Å². The van der Waals surface area contributed by atoms with Crippen LogP contribution in [0, 0.1) is 6.92 Å². The Hall–Kier alpha value is -3.20. The summed E-state index contributed by atoms with van der Waals surface area (Å²) in [5, 5.41) is 4.70. The molecule has 0 unspecified atom stereocenters. The Morgan fingerprint density at radius 2 is 2.20 bits per heavy atom. The first-order chi connectivity index (χ1) is 12.1. The van der Waals surface area contributed by atoms with E-state index in [1.807, 2.05) is 13.0 Å². The zero-order chi connectivity index (χ0) is 17.4. The van der Waals surface area contributed by atoms with E-state index in [2.05, 4.69) is 20.5 Å². The predicted molar refractivity (Wildman–Crippen MR) is 94.2 cm³/mol. The molecule has 3 N–H and O–H groups in total. The summed E-state index contributed by atoms with van der Waals surface area (Å²) in [7, 11) is 0. The maximum atomic E-state index is 12.4. The molecule has 0 aliphatic carbocycles. The quantitative estimate of drug-likeness (QED) is 0.549. The number of benzene rings is 1. The minimum absolute atomic E-state index is 0.212. The summed E-state index contributed by atoms with van der Waals surface area (Å²) in [6.07, 6.45) is 2.92. The number of fused-ring (bicyclic) bond motifs is 2. The maximum absolute atomic E-state index is 12.4. The third kappa shape index (κ3) is 2.74. The topological polar surface area (TPSA) is 112 Å². The molecule has 126 valence electrons. The van der Waals surface area contributed by atoms with E-state index in [0.29, 0.717) is 32.4 Å². The molecular formula is C16H13N5O3S. The summed E-state index contributed by atoms with van der Waals surface area (Å²) in [4.78, 5) is 21.7. The molecule has 4 rings (SSSR count). The molecule has 2 aromatic heterocycles. The van der Waals surface area contributed by atoms with Gasteiger partial charge in [0.2, 0.25) is 6.79 Å². The van der Waals surface area contributed by atoms with Gasteiger partial charge in [0.25, 0.3) is 5.91 Å². The summed E-state index contributed by atoms with van der Waals surface area (Å²) in [6, 6.07) is 5.41. The van der Waals surface area contributed by atoms with Crippen LogP contribution in [0.5, 0.6) is 11.5 Å². The van der Waals surface area contributed by atoms with Crippen molar-refractivity contribution in [3.8, 4) is 11.5 Å². The smallest absolute Gasteiger partial charge is 0.281 e. The van der Waals surface area contributed by atoms with Gasteiger partial charge in [0.1, 0.15) is 17.0 Å². The van der Waals surface area contributed by atoms with Gasteiger partial charge >= 0.3 is 0 Å². The van der Waals surface area contributed by atoms with Crippen molar-refractivity contribution < 1.29 is 14.3 Å². The second-order valence-electron chi connectivity index (χ2n) is 5.31. The number of thiophene rings is 1. The van der Waals surface area contributed by atoms with Gasteiger partial charge in [-0.05, 0) is 36.2 Å². The van der Waals surface area contributed by atoms with Crippen molar-refractivity contribution in [3.05, 3.63) is 40.5 Å². The van der Waals surface area contributed by atoms with Gasteiger partial charge in [-0.1, -0.05) is 0 Å². The van der Waals surface area contributed by atoms with Gasteiger partial charge in [-0.2, -0.15) is 5.10 Å². The number of hydrogen-bond donors (Lipinski definition) is 2. The molecule has 0 radical (unpaired) electrons. The molecule has 0 bridgehead atoms. The number of carbonyl (C=O) groups is 1. The summed E-state index contributed by atoms with van der Waals surface area (Å²) in [6.45, 7) is 2.03. The van der Waals surface area contributed by atoms with Crippen molar-refractivity contribution in [2.24, 2.45) is 5.10 Å². The Balaban J connectivity index is 1.53. The van der Waals surface area contributed by atoms with E-state index in [0.717, 1.165) is 11.1 Å². The zero-order valence-electron chi connectivity index (χ0n) is 13.1. The number of aryl methyl sites for hydroxylation is 1. The molecule has 1 amide bonds. The highest BCUT2D eigenvalue weighted by Gasteiger charge is 2.18. The molecule has 0 saturated heterocycles. The first kappa shape index (κ1) is 15.3. The van der Waals surface area contributed by atoms with Crippen LogP contribution in [0.1, 0.15) is 20.8 Å². The van der Waals surface area contributed by atoms with Crippen molar-refractivity contribution in [2.45, 2.75) is 6.92 Å². The van der Waals surface area contributed by atoms with E-state index in [-0.39, 0.29) is 12.7 Å². The van der Waals surface area contributed by atoms with Crippen LogP contribution < -0.4 is 20.6 Å². The highest BCUT2D eigenvalue weighted by Crippen LogP contribution is 2.32. The number of rotatable bonds is 3. The van der Waals surface area contributed by atoms with E-state index in [9.17, 15) is 4.79 Å². The van der Waals surface area contributed by atoms with Crippen molar-refractivity contribution in [2.75, 3.05) is 12.5 Å². The van der Waals surface area contributed by atoms with E-state index in [1.165, 1.54) is 23.9 Å². The normalized spacial score (nSPS) is 12.8. The van der Waals surface area contributed by atoms with Crippen LogP contribution in [0.25, 0.3) is 10.2 Å². The molecule has 3 aromatic rings. The standard InChI is InChI=1S/C16H13N5O3S/c1-8-12-14(17)18-6-19-16(12)25-13(8)15(22)21-20-5-9-2-3-10-11(4-9)24-7-23-10/h2-6H,7H2,1H3,(H,21,22)(H2,17,18,19)/b20-5-. The average molecular weight is 355 g/mol. The lowest BCUT2D eigenvalue weighted by Gasteiger charge is -2.00. The van der Waals surface area contributed by atoms with E-state index in [4.69, 9.17) is 15.2 Å². The van der Waals surface area contributed by atoms with Crippen LogP contribution in [-0.2, 0) is 0 Å². The van der Waals surface area contributed by atoms with Gasteiger partial charge in [-0.3, -0.25) is 4.79 Å². The zero-order valence-corrected chi connectivity index (χ0v) is 14.0. The van der Waals surface area contributed by atoms with Gasteiger partial charge in [-0.25, -0.2) is 15.4 Å². The van der Waals surface area contributed by atoms with Crippen molar-refractivity contribution in [3.63, 3.8) is 0 Å². The fourth-order valence-corrected chi connectivity index (χ4v) is 3.57. The van der Waals surface area contributed by atoms with Crippen LogP contribution in [0.3, 0.4) is 0 Å². The molecule has 25 heavy (non-hydrogen) atoms. The summed E-state index contributed by atoms with van der Waals surface area (Å²) < 4.78 is 10.6. The van der Waals surface area contributed by atoms with Crippen molar-refractivity contribution in [1.29, 1.82) is 0 Å². The number of anilines is 1. The molecular weight excluding hydrogens is 342 g/mol. The summed E-state index contributed by atoms with van der Waals surface area (Å²) >= 11 is 1.26. The lowest BCUT2D eigenvalue weighted by molar-refractivity contribution is 0.0958. The molecule has 0 saturated carbocycles. The minimum Gasteiger partial charge on any atom is -0.454 e. The Bertz CT molecular complexity index is 1010. The van der Waals surface area contributed by atoms with E-state index >= 15 is 0 Å². The van der Waals surface area contributed by atoms with Crippen LogP contribution in [0.15, 0.2) is 29.6 Å². The molecule has 0 spiro atoms. The number of ether oxygens (including phenoxy) is 2. The second kappa shape index (κ2) is 6.02. The number of carbonyl (C=O) groups excluding carboxylic acids is 1. The lowest BCUT2D eigenvalue weighted by atomic mass is 10.2. The first-order valence-electron chi connectivity index (χ1n) is 7.36. The number of nitrogens with zero attached hydrogens (tertiary/aromatic N) is 3. The Kier molecular flexibility index (Phi) is 3.69. The largest absolute Gasteiger partial charge is 0.454 e. The molecule has 0 atom stereocenters. The molecule has 3 heterocycles. The van der Waals surface area contributed by atoms with Gasteiger partial charge in [0.15, 0.2) is 11.5 Å². The Morgan fingerprint density at radius 3 is 3.04 bits per heavy atom. The Morgan fingerprint density at radius 1 is 1.36 bits per heavy atom. The van der Waals surface area contributed by atoms with E-state index in [1.54, 1.807) is 12.1 Å². The number of amides is 1. The maximum Gasteiger partial charge on any atom is 0.281 e. The fraction of sp³-hybridized carbons (Fsp3) is 0.125. The first-order valence-corrected chi connectivity index (χ1v) is 8.18. The monoisotopic (exact) mass is 355 g/mol. The highest BCUT2D eigenvalue weighted by molar-refractivity contribution is 7.20. The third-order valence-corrected chi connectivity index (χ3v) is 4.94. The van der Waals surface area contributed by atoms with Gasteiger partial charge in [0.05, 0.1) is 16.5 Å². The SMILES string of the molecule is Cc1c(C(=O)N/N=C\c2ccc3c(c2)OCO3)sc2ncnc(N)c12. The van der Waals surface area contributed by atoms with Crippen LogP contribution in [-0.4, -0.2) is 28.9 Å². The highest BCUT2D eigenvalue weighted by atomic mass is 32.1. The van der Waals surface area contributed by atoms with Crippen LogP contribution in [0.2, 0.25) is 0 Å². The second-order valence-corrected chi connectivity index (χ2v) is 6.31. The lowest BCUT2D eigenvalue weighted by Crippen LogP contribution is -2.17. The number of nitrogens with two attached hydrogens (primary N) is 1. The van der Waals surface area contributed by atoms with Crippen molar-refractivity contribution in [1.82, 2.24) is 15.4 Å². The third-order valence-electron chi connectivity index (χ3n) is 3.74. The number of nitrogens with one attached hydrogen (secondary N) is 1. The number of aromatic nitrogens is 2. The number of nitrogen functional groups attached to an aromatic ring is 1. The molecule has 0 fully saturated rings. The molecule has 1 aliphatic rings. The Labute approximate surface area is 146 Å². The summed E-state index contributed by atoms with van der Waals surface area (Å²) in [5.74, 6) is 1.39. The van der Waals surface area contributed by atoms with Gasteiger partial charge in [-0.15, -0.1) is 11.3 Å². The average Bonchev–Trinajstić information content (AvgIpc) is 3.19. The van der Waals surface area contributed by atoms with Crippen LogP contribution in [0.4, 0.5) is 5.82 Å². The van der Waals surface area contributed by atoms with Gasteiger partial charge in [0, 0.05) is 0 Å². The number of hydrogen-bond acceptors (Lipinski definition) is 8.